The Morgan fingerprint density at radius 2 is 2.00 bits per heavy atom. The molecule has 0 radical (unpaired) electrons. The Balaban J connectivity index is 3.60. The predicted octanol–water partition coefficient (Wildman–Crippen LogP) is -0.208. The fourth-order valence-electron chi connectivity index (χ4n) is 0.464. The third-order valence-electron chi connectivity index (χ3n) is 0.861. The molecule has 1 unspecified atom stereocenters. The Morgan fingerprint density at radius 1 is 1.56 bits per heavy atom. The smallest absolute Gasteiger partial charge is 0.325 e. The predicted molar refractivity (Wildman–Crippen MR) is 33.2 cm³/mol. The lowest BCUT2D eigenvalue weighted by Gasteiger charge is -2.07. The Hall–Kier alpha value is 0.110. The van der Waals surface area contributed by atoms with Gasteiger partial charge in [-0.25, -0.2) is 0 Å². The van der Waals surface area contributed by atoms with Crippen LogP contribution in [0.2, 0.25) is 0 Å². The Morgan fingerprint density at radius 3 is 2.11 bits per heavy atom. The molecular weight excluding hydrogens is 143 g/mol. The van der Waals surface area contributed by atoms with E-state index in [1.54, 1.807) is 6.92 Å². The quantitative estimate of drug-likeness (QED) is 0.491. The van der Waals surface area contributed by atoms with E-state index in [1.165, 1.54) is 0 Å². The Labute approximate surface area is 53.7 Å². The van der Waals surface area contributed by atoms with Crippen molar-refractivity contribution < 1.29 is 19.5 Å². The summed E-state index contributed by atoms with van der Waals surface area (Å²) in [7, 11) is -3.90. The number of aliphatic hydroxyl groups is 1. The van der Waals surface area contributed by atoms with Gasteiger partial charge in [0.2, 0.25) is 0 Å². The van der Waals surface area contributed by atoms with E-state index in [0.29, 0.717) is 0 Å². The molecule has 0 heterocycles. The lowest BCUT2D eigenvalue weighted by atomic mass is 10.2. The van der Waals surface area contributed by atoms with Crippen LogP contribution >= 0.6 is 7.60 Å². The first kappa shape index (κ1) is 9.11. The molecule has 0 amide bonds. The summed E-state index contributed by atoms with van der Waals surface area (Å²) in [6.07, 6.45) is -0.233. The first-order valence-corrected chi connectivity index (χ1v) is 4.41. The molecule has 0 aliphatic carbocycles. The fraction of sp³-hybridized carbons (Fsp3) is 1.00. The van der Waals surface area contributed by atoms with Crippen molar-refractivity contribution in [3.05, 3.63) is 0 Å². The highest BCUT2D eigenvalue weighted by atomic mass is 31.2. The average molecular weight is 154 g/mol. The van der Waals surface area contributed by atoms with Crippen LogP contribution in [-0.2, 0) is 4.57 Å². The van der Waals surface area contributed by atoms with E-state index in [4.69, 9.17) is 14.9 Å². The topological polar surface area (TPSA) is 77.8 Å². The molecule has 0 aromatic rings. The van der Waals surface area contributed by atoms with Crippen molar-refractivity contribution in [3.63, 3.8) is 0 Å². The zero-order valence-corrected chi connectivity index (χ0v) is 6.08. The summed E-state index contributed by atoms with van der Waals surface area (Å²) >= 11 is 0. The minimum absolute atomic E-state index is 0.175. The van der Waals surface area contributed by atoms with Gasteiger partial charge >= 0.3 is 7.60 Å². The number of hydrogen-bond acceptors (Lipinski definition) is 2. The summed E-state index contributed by atoms with van der Waals surface area (Å²) in [4.78, 5) is 16.6. The molecule has 9 heavy (non-hydrogen) atoms. The number of hydrogen-bond donors (Lipinski definition) is 3. The van der Waals surface area contributed by atoms with Crippen molar-refractivity contribution in [1.29, 1.82) is 0 Å². The van der Waals surface area contributed by atoms with Gasteiger partial charge in [0.25, 0.3) is 0 Å². The Bertz CT molecular complexity index is 118. The highest BCUT2D eigenvalue weighted by Crippen LogP contribution is 2.36. The van der Waals surface area contributed by atoms with Gasteiger partial charge in [-0.2, -0.15) is 0 Å². The highest BCUT2D eigenvalue weighted by molar-refractivity contribution is 7.51. The van der Waals surface area contributed by atoms with Crippen LogP contribution in [0.3, 0.4) is 0 Å². The summed E-state index contributed by atoms with van der Waals surface area (Å²) in [6, 6.07) is 0. The monoisotopic (exact) mass is 154 g/mol. The van der Waals surface area contributed by atoms with E-state index < -0.39 is 7.60 Å². The van der Waals surface area contributed by atoms with Gasteiger partial charge < -0.3 is 14.9 Å². The van der Waals surface area contributed by atoms with Crippen LogP contribution in [0.1, 0.15) is 6.92 Å². The van der Waals surface area contributed by atoms with Crippen LogP contribution in [0.4, 0.5) is 0 Å². The van der Waals surface area contributed by atoms with Crippen molar-refractivity contribution in [2.24, 2.45) is 5.92 Å². The van der Waals surface area contributed by atoms with Crippen LogP contribution in [-0.4, -0.2) is 27.7 Å². The molecule has 0 spiro atoms. The van der Waals surface area contributed by atoms with Gasteiger partial charge in [-0.15, -0.1) is 0 Å². The molecule has 0 aromatic heterocycles. The molecular formula is C4H11O4P. The molecule has 0 saturated carbocycles. The molecule has 0 saturated heterocycles. The largest absolute Gasteiger partial charge is 0.396 e. The van der Waals surface area contributed by atoms with E-state index in [0.717, 1.165) is 0 Å². The van der Waals surface area contributed by atoms with E-state index >= 15 is 0 Å². The van der Waals surface area contributed by atoms with Crippen molar-refractivity contribution in [3.8, 4) is 0 Å². The van der Waals surface area contributed by atoms with E-state index in [9.17, 15) is 4.57 Å². The molecule has 0 aromatic carbocycles. The van der Waals surface area contributed by atoms with Crippen molar-refractivity contribution in [1.82, 2.24) is 0 Å². The summed E-state index contributed by atoms with van der Waals surface area (Å²) in [5.74, 6) is -0.314. The second-order valence-electron chi connectivity index (χ2n) is 2.14. The minimum Gasteiger partial charge on any atom is -0.396 e. The molecule has 4 nitrogen and oxygen atoms in total. The summed E-state index contributed by atoms with van der Waals surface area (Å²) in [6.45, 7) is 1.41. The second-order valence-corrected chi connectivity index (χ2v) is 3.83. The first-order valence-electron chi connectivity index (χ1n) is 2.61. The summed E-state index contributed by atoms with van der Waals surface area (Å²) in [5.41, 5.74) is 0. The normalized spacial score (nSPS) is 15.6. The van der Waals surface area contributed by atoms with Crippen LogP contribution < -0.4 is 0 Å². The van der Waals surface area contributed by atoms with Gasteiger partial charge in [0.15, 0.2) is 0 Å². The molecule has 3 N–H and O–H groups in total. The standard InChI is InChI=1S/C4H11O4P/c1-4(2-5)3-9(6,7)8/h4-5H,2-3H2,1H3,(H2,6,7,8). The maximum absolute atomic E-state index is 10.2. The Kier molecular flexibility index (Phi) is 3.36. The van der Waals surface area contributed by atoms with Crippen molar-refractivity contribution in [2.75, 3.05) is 12.8 Å². The lowest BCUT2D eigenvalue weighted by molar-refractivity contribution is 0.242. The molecule has 0 bridgehead atoms. The fourth-order valence-corrected chi connectivity index (χ4v) is 1.39. The van der Waals surface area contributed by atoms with Gasteiger partial charge in [0.1, 0.15) is 0 Å². The van der Waals surface area contributed by atoms with E-state index in [-0.39, 0.29) is 18.7 Å². The molecule has 0 aliphatic heterocycles. The van der Waals surface area contributed by atoms with Gasteiger partial charge in [-0.1, -0.05) is 6.92 Å². The van der Waals surface area contributed by atoms with Gasteiger partial charge in [0, 0.05) is 6.61 Å². The maximum atomic E-state index is 10.2. The van der Waals surface area contributed by atoms with Crippen molar-refractivity contribution >= 4 is 7.60 Å². The van der Waals surface area contributed by atoms with Gasteiger partial charge in [-0.3, -0.25) is 4.57 Å². The molecule has 0 aliphatic rings. The van der Waals surface area contributed by atoms with Gasteiger partial charge in [0.05, 0.1) is 6.16 Å². The molecule has 0 rings (SSSR count). The zero-order valence-electron chi connectivity index (χ0n) is 5.19. The molecule has 5 heteroatoms. The molecule has 56 valence electrons. The van der Waals surface area contributed by atoms with Crippen LogP contribution in [0.15, 0.2) is 0 Å². The van der Waals surface area contributed by atoms with Crippen LogP contribution in [0.25, 0.3) is 0 Å². The third kappa shape index (κ3) is 5.99. The first-order chi connectivity index (χ1) is 3.95. The van der Waals surface area contributed by atoms with Crippen LogP contribution in [0.5, 0.6) is 0 Å². The molecule has 1 atom stereocenters. The van der Waals surface area contributed by atoms with Gasteiger partial charge in [-0.05, 0) is 5.92 Å². The number of rotatable bonds is 3. The number of aliphatic hydroxyl groups excluding tert-OH is 1. The summed E-state index contributed by atoms with van der Waals surface area (Å²) in [5, 5.41) is 8.35. The highest BCUT2D eigenvalue weighted by Gasteiger charge is 2.16. The van der Waals surface area contributed by atoms with E-state index in [1.807, 2.05) is 0 Å². The summed E-state index contributed by atoms with van der Waals surface area (Å²) < 4.78 is 10.2. The SMILES string of the molecule is CC(CO)CP(=O)(O)O. The molecule has 0 fully saturated rings. The second kappa shape index (κ2) is 3.32. The lowest BCUT2D eigenvalue weighted by Crippen LogP contribution is -2.06. The zero-order chi connectivity index (χ0) is 7.49. The van der Waals surface area contributed by atoms with E-state index in [2.05, 4.69) is 0 Å². The average Bonchev–Trinajstić information content (AvgIpc) is 1.62. The van der Waals surface area contributed by atoms with Crippen LogP contribution in [0, 0.1) is 5.92 Å². The van der Waals surface area contributed by atoms with Crippen molar-refractivity contribution in [2.45, 2.75) is 6.92 Å². The maximum Gasteiger partial charge on any atom is 0.325 e. The third-order valence-corrected chi connectivity index (χ3v) is 1.96. The minimum atomic E-state index is -3.90.